The van der Waals surface area contributed by atoms with Crippen molar-refractivity contribution in [1.82, 2.24) is 5.43 Å². The lowest BCUT2D eigenvalue weighted by Gasteiger charge is -2.23. The van der Waals surface area contributed by atoms with Crippen molar-refractivity contribution in [3.8, 4) is 17.2 Å². The van der Waals surface area contributed by atoms with Gasteiger partial charge in [-0.25, -0.2) is 13.8 Å². The summed E-state index contributed by atoms with van der Waals surface area (Å²) in [6.45, 7) is 3.83. The molecule has 2 rings (SSSR count). The number of aromatic hydroxyl groups is 1. The molecule has 0 saturated carbocycles. The summed E-state index contributed by atoms with van der Waals surface area (Å²) in [5, 5.41) is 13.6. The van der Waals surface area contributed by atoms with Crippen molar-refractivity contribution in [3.05, 3.63) is 48.0 Å². The van der Waals surface area contributed by atoms with Crippen LogP contribution in [0.15, 0.2) is 47.6 Å². The lowest BCUT2D eigenvalue weighted by molar-refractivity contribution is -0.119. The van der Waals surface area contributed by atoms with Crippen LogP contribution in [-0.4, -0.2) is 51.7 Å². The summed E-state index contributed by atoms with van der Waals surface area (Å²) >= 11 is 0. The topological polar surface area (TPSA) is 118 Å². The number of hydrazone groups is 1. The van der Waals surface area contributed by atoms with Gasteiger partial charge >= 0.3 is 0 Å². The van der Waals surface area contributed by atoms with Gasteiger partial charge in [0.2, 0.25) is 10.0 Å². The summed E-state index contributed by atoms with van der Waals surface area (Å²) in [6, 6.07) is 11.2. The molecule has 0 aliphatic carbocycles. The summed E-state index contributed by atoms with van der Waals surface area (Å²) in [5.74, 6) is 0.0133. The van der Waals surface area contributed by atoms with Crippen LogP contribution in [0.2, 0.25) is 0 Å². The van der Waals surface area contributed by atoms with Crippen LogP contribution in [0.25, 0.3) is 0 Å². The van der Waals surface area contributed by atoms with E-state index in [0.29, 0.717) is 30.3 Å². The second-order valence-corrected chi connectivity index (χ2v) is 8.03. The van der Waals surface area contributed by atoms with Crippen molar-refractivity contribution in [2.75, 3.05) is 30.3 Å². The van der Waals surface area contributed by atoms with E-state index >= 15 is 0 Å². The van der Waals surface area contributed by atoms with E-state index in [1.54, 1.807) is 50.2 Å². The molecule has 0 spiro atoms. The van der Waals surface area contributed by atoms with Gasteiger partial charge in [0, 0.05) is 0 Å². The molecule has 0 aromatic heterocycles. The number of nitrogens with zero attached hydrogens (tertiary/aromatic N) is 2. The predicted octanol–water partition coefficient (Wildman–Crippen LogP) is 2.11. The molecule has 0 bridgehead atoms. The SMILES string of the molecule is CCOc1cc(/C=N\NC(=O)CN(c2ccccc2OCC)S(C)(=O)=O)ccc1O. The molecule has 2 aromatic carbocycles. The molecule has 2 aromatic rings. The lowest BCUT2D eigenvalue weighted by Crippen LogP contribution is -2.39. The Labute approximate surface area is 176 Å². The van der Waals surface area contributed by atoms with E-state index in [9.17, 15) is 18.3 Å². The maximum atomic E-state index is 12.3. The molecule has 0 atom stereocenters. The first-order valence-corrected chi connectivity index (χ1v) is 11.1. The summed E-state index contributed by atoms with van der Waals surface area (Å²) < 4.78 is 36.2. The number of para-hydroxylation sites is 2. The highest BCUT2D eigenvalue weighted by atomic mass is 32.2. The zero-order valence-corrected chi connectivity index (χ0v) is 17.8. The van der Waals surface area contributed by atoms with Crippen LogP contribution < -0.4 is 19.2 Å². The fourth-order valence-corrected chi connectivity index (χ4v) is 3.41. The summed E-state index contributed by atoms with van der Waals surface area (Å²) in [5.41, 5.74) is 3.15. The number of sulfonamides is 1. The molecule has 9 nitrogen and oxygen atoms in total. The van der Waals surface area contributed by atoms with Gasteiger partial charge in [0.05, 0.1) is 31.4 Å². The zero-order valence-electron chi connectivity index (χ0n) is 17.0. The number of phenols is 1. The Bertz CT molecular complexity index is 1010. The van der Waals surface area contributed by atoms with Crippen molar-refractivity contribution < 1.29 is 27.8 Å². The first kappa shape index (κ1) is 23.0. The highest BCUT2D eigenvalue weighted by Crippen LogP contribution is 2.29. The molecule has 0 saturated heterocycles. The zero-order chi connectivity index (χ0) is 22.1. The Kier molecular flexibility index (Phi) is 8.05. The van der Waals surface area contributed by atoms with E-state index in [0.717, 1.165) is 10.6 Å². The Morgan fingerprint density at radius 3 is 2.47 bits per heavy atom. The van der Waals surface area contributed by atoms with Crippen molar-refractivity contribution in [2.24, 2.45) is 5.10 Å². The molecule has 0 radical (unpaired) electrons. The Hall–Kier alpha value is -3.27. The van der Waals surface area contributed by atoms with Gasteiger partial charge in [-0.1, -0.05) is 12.1 Å². The third-order valence-electron chi connectivity index (χ3n) is 3.81. The smallest absolute Gasteiger partial charge is 0.260 e. The van der Waals surface area contributed by atoms with E-state index in [4.69, 9.17) is 9.47 Å². The summed E-state index contributed by atoms with van der Waals surface area (Å²) in [4.78, 5) is 12.3. The number of nitrogens with one attached hydrogen (secondary N) is 1. The molecule has 10 heteroatoms. The van der Waals surface area contributed by atoms with Gasteiger partial charge in [-0.15, -0.1) is 0 Å². The molecule has 2 N–H and O–H groups in total. The van der Waals surface area contributed by atoms with E-state index in [1.807, 2.05) is 0 Å². The maximum absolute atomic E-state index is 12.3. The van der Waals surface area contributed by atoms with Gasteiger partial charge < -0.3 is 14.6 Å². The quantitative estimate of drug-likeness (QED) is 0.436. The van der Waals surface area contributed by atoms with Crippen LogP contribution in [0.3, 0.4) is 0 Å². The van der Waals surface area contributed by atoms with Crippen molar-refractivity contribution in [1.29, 1.82) is 0 Å². The third kappa shape index (κ3) is 6.38. The van der Waals surface area contributed by atoms with Crippen LogP contribution in [0.4, 0.5) is 5.69 Å². The summed E-state index contributed by atoms with van der Waals surface area (Å²) in [7, 11) is -3.75. The first-order valence-electron chi connectivity index (χ1n) is 9.23. The first-order chi connectivity index (χ1) is 14.3. The molecule has 0 unspecified atom stereocenters. The highest BCUT2D eigenvalue weighted by molar-refractivity contribution is 7.92. The van der Waals surface area contributed by atoms with Gasteiger partial charge in [0.25, 0.3) is 5.91 Å². The van der Waals surface area contributed by atoms with Crippen LogP contribution >= 0.6 is 0 Å². The van der Waals surface area contributed by atoms with Gasteiger partial charge in [-0.2, -0.15) is 5.10 Å². The average Bonchev–Trinajstić information content (AvgIpc) is 2.69. The van der Waals surface area contributed by atoms with E-state index in [1.165, 1.54) is 12.3 Å². The molecule has 30 heavy (non-hydrogen) atoms. The Morgan fingerprint density at radius 2 is 1.80 bits per heavy atom. The van der Waals surface area contributed by atoms with Crippen LogP contribution in [0.5, 0.6) is 17.2 Å². The predicted molar refractivity (Wildman–Crippen MR) is 115 cm³/mol. The lowest BCUT2D eigenvalue weighted by atomic mass is 10.2. The molecule has 0 aliphatic rings. The number of phenolic OH excluding ortho intramolecular Hbond substituents is 1. The van der Waals surface area contributed by atoms with Crippen molar-refractivity contribution in [3.63, 3.8) is 0 Å². The molecular formula is C20H25N3O6S. The van der Waals surface area contributed by atoms with Gasteiger partial charge in [-0.05, 0) is 49.7 Å². The second kappa shape index (κ2) is 10.5. The van der Waals surface area contributed by atoms with Crippen LogP contribution in [0.1, 0.15) is 19.4 Å². The summed E-state index contributed by atoms with van der Waals surface area (Å²) in [6.07, 6.45) is 2.37. The number of anilines is 1. The largest absolute Gasteiger partial charge is 0.504 e. The fourth-order valence-electron chi connectivity index (χ4n) is 2.55. The van der Waals surface area contributed by atoms with E-state index < -0.39 is 22.5 Å². The van der Waals surface area contributed by atoms with Gasteiger partial charge in [-0.3, -0.25) is 9.10 Å². The van der Waals surface area contributed by atoms with Crippen molar-refractivity contribution in [2.45, 2.75) is 13.8 Å². The number of carbonyl (C=O) groups is 1. The van der Waals surface area contributed by atoms with Gasteiger partial charge in [0.1, 0.15) is 12.3 Å². The van der Waals surface area contributed by atoms with Crippen LogP contribution in [-0.2, 0) is 14.8 Å². The standard InChI is InChI=1S/C20H25N3O6S/c1-4-28-18-9-7-6-8-16(18)23(30(3,26)27)14-20(25)22-21-13-15-10-11-17(24)19(12-15)29-5-2/h6-13,24H,4-5,14H2,1-3H3,(H,22,25)/b21-13-. The Morgan fingerprint density at radius 1 is 1.13 bits per heavy atom. The number of benzene rings is 2. The molecule has 0 heterocycles. The van der Waals surface area contributed by atoms with Crippen molar-refractivity contribution >= 4 is 27.8 Å². The minimum atomic E-state index is -3.75. The molecule has 1 amide bonds. The maximum Gasteiger partial charge on any atom is 0.260 e. The molecule has 0 fully saturated rings. The van der Waals surface area contributed by atoms with Crippen LogP contribution in [0, 0.1) is 0 Å². The molecule has 162 valence electrons. The molecular weight excluding hydrogens is 410 g/mol. The fraction of sp³-hybridized carbons (Fsp3) is 0.300. The van der Waals surface area contributed by atoms with Gasteiger partial charge in [0.15, 0.2) is 11.5 Å². The highest BCUT2D eigenvalue weighted by Gasteiger charge is 2.23. The number of rotatable bonds is 10. The minimum absolute atomic E-state index is 0.00482. The normalized spacial score (nSPS) is 11.3. The number of carbonyl (C=O) groups excluding carboxylic acids is 1. The minimum Gasteiger partial charge on any atom is -0.504 e. The number of ether oxygens (including phenoxy) is 2. The number of hydrogen-bond donors (Lipinski definition) is 2. The monoisotopic (exact) mass is 435 g/mol. The number of amides is 1. The second-order valence-electron chi connectivity index (χ2n) is 6.12. The van der Waals surface area contributed by atoms with E-state index in [2.05, 4.69) is 10.5 Å². The van der Waals surface area contributed by atoms with E-state index in [-0.39, 0.29) is 11.4 Å². The molecule has 0 aliphatic heterocycles. The number of hydrogen-bond acceptors (Lipinski definition) is 7. The Balaban J connectivity index is 2.13. The average molecular weight is 436 g/mol. The third-order valence-corrected chi connectivity index (χ3v) is 4.93.